The predicted octanol–water partition coefficient (Wildman–Crippen LogP) is 2.90. The molecule has 1 aliphatic carbocycles. The number of rotatable bonds is 2. The maximum Gasteiger partial charge on any atom is 0.235 e. The van der Waals surface area contributed by atoms with Crippen molar-refractivity contribution in [1.82, 2.24) is 0 Å². The van der Waals surface area contributed by atoms with Crippen LogP contribution >= 0.6 is 11.6 Å². The summed E-state index contributed by atoms with van der Waals surface area (Å²) >= 11 is 5.68. The second kappa shape index (κ2) is 3.89. The zero-order chi connectivity index (χ0) is 11.8. The Kier molecular flexibility index (Phi) is 2.70. The first-order chi connectivity index (χ1) is 7.59. The lowest BCUT2D eigenvalue weighted by Gasteiger charge is -2.37. The number of aliphatic imine (C=N–C) groups is 1. The Labute approximate surface area is 96.6 Å². The number of aromatic hydroxyl groups is 1. The molecule has 0 spiro atoms. The third kappa shape index (κ3) is 1.60. The minimum atomic E-state index is -0.836. The van der Waals surface area contributed by atoms with E-state index in [1.54, 1.807) is 0 Å². The van der Waals surface area contributed by atoms with E-state index < -0.39 is 11.4 Å². The molecule has 1 aliphatic rings. The maximum atomic E-state index is 13.2. The van der Waals surface area contributed by atoms with Crippen LogP contribution in [0.5, 0.6) is 5.75 Å². The largest absolute Gasteiger partial charge is 0.506 e. The quantitative estimate of drug-likeness (QED) is 0.639. The molecule has 1 N–H and O–H groups in total. The van der Waals surface area contributed by atoms with Crippen molar-refractivity contribution in [3.8, 4) is 5.75 Å². The van der Waals surface area contributed by atoms with Gasteiger partial charge in [0.1, 0.15) is 17.1 Å². The number of nitrogens with zero attached hydrogens (tertiary/aromatic N) is 1. The zero-order valence-corrected chi connectivity index (χ0v) is 9.09. The summed E-state index contributed by atoms with van der Waals surface area (Å²) in [6.45, 7) is 0. The molecule has 5 heteroatoms. The SMILES string of the molecule is O=C=NC1(c2cc(F)cc(Cl)c2O)CCC1. The minimum absolute atomic E-state index is 0.0672. The Morgan fingerprint density at radius 3 is 2.69 bits per heavy atom. The van der Waals surface area contributed by atoms with Crippen molar-refractivity contribution < 1.29 is 14.3 Å². The van der Waals surface area contributed by atoms with Gasteiger partial charge >= 0.3 is 0 Å². The normalized spacial score (nSPS) is 17.4. The molecule has 0 unspecified atom stereocenters. The number of benzene rings is 1. The molecule has 1 saturated carbocycles. The Morgan fingerprint density at radius 2 is 2.19 bits per heavy atom. The van der Waals surface area contributed by atoms with Crippen molar-refractivity contribution in [1.29, 1.82) is 0 Å². The summed E-state index contributed by atoms with van der Waals surface area (Å²) < 4.78 is 13.2. The molecular formula is C11H9ClFNO2. The molecule has 1 aromatic carbocycles. The highest BCUT2D eigenvalue weighted by atomic mass is 35.5. The first kappa shape index (κ1) is 11.1. The molecule has 0 heterocycles. The fraction of sp³-hybridized carbons (Fsp3) is 0.364. The van der Waals surface area contributed by atoms with Crippen molar-refractivity contribution in [2.75, 3.05) is 0 Å². The van der Waals surface area contributed by atoms with Gasteiger partial charge in [-0.2, -0.15) is 4.99 Å². The average molecular weight is 242 g/mol. The van der Waals surface area contributed by atoms with Crippen LogP contribution in [0.25, 0.3) is 0 Å². The van der Waals surface area contributed by atoms with Gasteiger partial charge < -0.3 is 5.11 Å². The van der Waals surface area contributed by atoms with Gasteiger partial charge in [0.05, 0.1) is 5.02 Å². The molecule has 2 rings (SSSR count). The number of carbonyl (C=O) groups excluding carboxylic acids is 1. The molecule has 1 fully saturated rings. The third-order valence-electron chi connectivity index (χ3n) is 2.97. The summed E-state index contributed by atoms with van der Waals surface area (Å²) in [6, 6.07) is 2.19. The molecule has 3 nitrogen and oxygen atoms in total. The number of hydrogen-bond donors (Lipinski definition) is 1. The maximum absolute atomic E-state index is 13.2. The molecule has 0 bridgehead atoms. The van der Waals surface area contributed by atoms with E-state index in [2.05, 4.69) is 4.99 Å². The summed E-state index contributed by atoms with van der Waals surface area (Å²) in [5.74, 6) is -0.757. The first-order valence-electron chi connectivity index (χ1n) is 4.86. The molecule has 0 aliphatic heterocycles. The smallest absolute Gasteiger partial charge is 0.235 e. The van der Waals surface area contributed by atoms with Crippen LogP contribution in [0.1, 0.15) is 24.8 Å². The Morgan fingerprint density at radius 1 is 1.50 bits per heavy atom. The molecule has 1 aromatic rings. The van der Waals surface area contributed by atoms with E-state index in [4.69, 9.17) is 11.6 Å². The van der Waals surface area contributed by atoms with E-state index in [1.807, 2.05) is 0 Å². The summed E-state index contributed by atoms with van der Waals surface area (Å²) in [6.07, 6.45) is 3.53. The number of hydrogen-bond acceptors (Lipinski definition) is 3. The van der Waals surface area contributed by atoms with Crippen LogP contribution in [0.15, 0.2) is 17.1 Å². The molecule has 0 radical (unpaired) electrons. The number of isocyanates is 1. The molecule has 16 heavy (non-hydrogen) atoms. The molecule has 0 amide bonds. The highest BCUT2D eigenvalue weighted by molar-refractivity contribution is 6.32. The second-order valence-electron chi connectivity index (χ2n) is 3.87. The Balaban J connectivity index is 2.58. The lowest BCUT2D eigenvalue weighted by molar-refractivity contribution is 0.247. The molecular weight excluding hydrogens is 233 g/mol. The minimum Gasteiger partial charge on any atom is -0.506 e. The number of halogens is 2. The lowest BCUT2D eigenvalue weighted by atomic mass is 9.72. The van der Waals surface area contributed by atoms with E-state index in [9.17, 15) is 14.3 Å². The lowest BCUT2D eigenvalue weighted by Crippen LogP contribution is -2.32. The monoisotopic (exact) mass is 241 g/mol. The van der Waals surface area contributed by atoms with Gasteiger partial charge in [-0.3, -0.25) is 0 Å². The van der Waals surface area contributed by atoms with Crippen LogP contribution in [0.2, 0.25) is 5.02 Å². The summed E-state index contributed by atoms with van der Waals surface area (Å²) in [4.78, 5) is 14.1. The third-order valence-corrected chi connectivity index (χ3v) is 3.26. The van der Waals surface area contributed by atoms with Crippen molar-refractivity contribution in [2.24, 2.45) is 4.99 Å². The van der Waals surface area contributed by atoms with Crippen molar-refractivity contribution in [3.63, 3.8) is 0 Å². The van der Waals surface area contributed by atoms with Crippen LogP contribution in [0.4, 0.5) is 4.39 Å². The van der Waals surface area contributed by atoms with E-state index in [1.165, 1.54) is 12.1 Å². The summed E-state index contributed by atoms with van der Waals surface area (Å²) in [7, 11) is 0. The second-order valence-corrected chi connectivity index (χ2v) is 4.28. The van der Waals surface area contributed by atoms with Gasteiger partial charge in [0.25, 0.3) is 0 Å². The highest BCUT2D eigenvalue weighted by Crippen LogP contribution is 2.49. The van der Waals surface area contributed by atoms with E-state index in [-0.39, 0.29) is 16.3 Å². The van der Waals surface area contributed by atoms with Crippen LogP contribution in [-0.2, 0) is 10.3 Å². The topological polar surface area (TPSA) is 49.7 Å². The van der Waals surface area contributed by atoms with Gasteiger partial charge in [-0.25, -0.2) is 9.18 Å². The van der Waals surface area contributed by atoms with Gasteiger partial charge in [-0.15, -0.1) is 0 Å². The predicted molar refractivity (Wildman–Crippen MR) is 56.7 cm³/mol. The van der Waals surface area contributed by atoms with Gasteiger partial charge in [-0.1, -0.05) is 11.6 Å². The molecule has 0 aromatic heterocycles. The van der Waals surface area contributed by atoms with E-state index in [0.717, 1.165) is 12.5 Å². The highest BCUT2D eigenvalue weighted by Gasteiger charge is 2.41. The van der Waals surface area contributed by atoms with Crippen LogP contribution in [0.3, 0.4) is 0 Å². The van der Waals surface area contributed by atoms with Gasteiger partial charge in [0.2, 0.25) is 6.08 Å². The fourth-order valence-electron chi connectivity index (χ4n) is 1.96. The zero-order valence-electron chi connectivity index (χ0n) is 8.33. The summed E-state index contributed by atoms with van der Waals surface area (Å²) in [5, 5.41) is 9.69. The van der Waals surface area contributed by atoms with Gasteiger partial charge in [-0.05, 0) is 31.4 Å². The molecule has 84 valence electrons. The standard InChI is InChI=1S/C11H9ClFNO2/c12-9-5-7(13)4-8(10(9)16)11(14-6-15)2-1-3-11/h4-5,16H,1-3H2. The van der Waals surface area contributed by atoms with Crippen molar-refractivity contribution in [3.05, 3.63) is 28.5 Å². The van der Waals surface area contributed by atoms with Crippen LogP contribution in [-0.4, -0.2) is 11.2 Å². The fourth-order valence-corrected chi connectivity index (χ4v) is 2.17. The van der Waals surface area contributed by atoms with Crippen LogP contribution < -0.4 is 0 Å². The molecule has 0 saturated heterocycles. The van der Waals surface area contributed by atoms with E-state index >= 15 is 0 Å². The van der Waals surface area contributed by atoms with Crippen molar-refractivity contribution in [2.45, 2.75) is 24.8 Å². The Bertz CT molecular complexity index is 479. The first-order valence-corrected chi connectivity index (χ1v) is 5.24. The van der Waals surface area contributed by atoms with E-state index in [0.29, 0.717) is 12.8 Å². The van der Waals surface area contributed by atoms with Crippen molar-refractivity contribution >= 4 is 17.7 Å². The summed E-state index contributed by atoms with van der Waals surface area (Å²) in [5.41, 5.74) is -0.565. The number of phenols is 1. The average Bonchev–Trinajstić information content (AvgIpc) is 2.17. The van der Waals surface area contributed by atoms with Crippen LogP contribution in [0, 0.1) is 5.82 Å². The Hall–Kier alpha value is -1.38. The van der Waals surface area contributed by atoms with Gasteiger partial charge in [0.15, 0.2) is 0 Å². The van der Waals surface area contributed by atoms with Gasteiger partial charge in [0, 0.05) is 5.56 Å². The molecule has 0 atom stereocenters. The number of phenolic OH excluding ortho intramolecular Hbond substituents is 1.